The lowest BCUT2D eigenvalue weighted by molar-refractivity contribution is -0.144. The van der Waals surface area contributed by atoms with Crippen molar-refractivity contribution in [3.63, 3.8) is 0 Å². The topological polar surface area (TPSA) is 43.8 Å². The summed E-state index contributed by atoms with van der Waals surface area (Å²) >= 11 is 0. The first-order valence-corrected chi connectivity index (χ1v) is 4.64. The lowest BCUT2D eigenvalue weighted by Crippen LogP contribution is -2.18. The normalized spacial score (nSPS) is 14.2. The summed E-state index contributed by atoms with van der Waals surface area (Å²) in [4.78, 5) is 0. The number of aromatic nitrogens is 2. The Kier molecular flexibility index (Phi) is 3.26. The van der Waals surface area contributed by atoms with Crippen LogP contribution in [-0.2, 0) is 6.54 Å². The van der Waals surface area contributed by atoms with Gasteiger partial charge in [0.05, 0.1) is 0 Å². The van der Waals surface area contributed by atoms with Gasteiger partial charge < -0.3 is 5.73 Å². The molecule has 1 heterocycles. The summed E-state index contributed by atoms with van der Waals surface area (Å²) in [5.41, 5.74) is 6.21. The first kappa shape index (κ1) is 11.9. The van der Waals surface area contributed by atoms with Crippen molar-refractivity contribution >= 4 is 5.82 Å². The van der Waals surface area contributed by atoms with E-state index in [0.717, 1.165) is 5.69 Å². The molecule has 1 atom stereocenters. The first-order valence-electron chi connectivity index (χ1n) is 4.64. The lowest BCUT2D eigenvalue weighted by Gasteiger charge is -2.14. The van der Waals surface area contributed by atoms with Gasteiger partial charge in [-0.2, -0.15) is 18.3 Å². The number of nitrogens with zero attached hydrogens (tertiary/aromatic N) is 2. The fraction of sp³-hybridized carbons (Fsp3) is 0.667. The van der Waals surface area contributed by atoms with Crippen molar-refractivity contribution in [1.82, 2.24) is 9.78 Å². The Labute approximate surface area is 86.1 Å². The van der Waals surface area contributed by atoms with Gasteiger partial charge in [0.25, 0.3) is 0 Å². The highest BCUT2D eigenvalue weighted by molar-refractivity contribution is 5.28. The second-order valence-electron chi connectivity index (χ2n) is 3.82. The van der Waals surface area contributed by atoms with Crippen molar-refractivity contribution < 1.29 is 13.2 Å². The molecule has 15 heavy (non-hydrogen) atoms. The predicted octanol–water partition coefficient (Wildman–Crippen LogP) is 2.36. The van der Waals surface area contributed by atoms with Crippen molar-refractivity contribution in [2.45, 2.75) is 33.0 Å². The predicted molar refractivity (Wildman–Crippen MR) is 51.2 cm³/mol. The monoisotopic (exact) mass is 221 g/mol. The van der Waals surface area contributed by atoms with Crippen LogP contribution >= 0.6 is 0 Å². The van der Waals surface area contributed by atoms with E-state index < -0.39 is 18.5 Å². The molecule has 1 aromatic heterocycles. The smallest absolute Gasteiger partial charge is 0.382 e. The Balaban J connectivity index is 2.58. The summed E-state index contributed by atoms with van der Waals surface area (Å²) in [6.07, 6.45) is -4.92. The zero-order valence-corrected chi connectivity index (χ0v) is 8.67. The Hall–Kier alpha value is -1.20. The zero-order valence-electron chi connectivity index (χ0n) is 8.67. The van der Waals surface area contributed by atoms with E-state index in [1.165, 1.54) is 4.68 Å². The number of alkyl halides is 3. The first-order chi connectivity index (χ1) is 6.78. The largest absolute Gasteiger partial charge is 0.389 e. The van der Waals surface area contributed by atoms with E-state index in [2.05, 4.69) is 5.10 Å². The van der Waals surface area contributed by atoms with Gasteiger partial charge >= 0.3 is 6.18 Å². The maximum atomic E-state index is 12.1. The minimum atomic E-state index is -4.12. The van der Waals surface area contributed by atoms with Crippen molar-refractivity contribution in [3.8, 4) is 0 Å². The highest BCUT2D eigenvalue weighted by Gasteiger charge is 2.30. The van der Waals surface area contributed by atoms with E-state index in [-0.39, 0.29) is 6.54 Å². The van der Waals surface area contributed by atoms with E-state index in [4.69, 9.17) is 5.73 Å². The SMILES string of the molecule is Cc1cc(N)nn1CC(C)CC(F)(F)F. The number of hydrogen-bond donors (Lipinski definition) is 1. The molecule has 86 valence electrons. The number of halogens is 3. The molecular weight excluding hydrogens is 207 g/mol. The third kappa shape index (κ3) is 3.81. The van der Waals surface area contributed by atoms with Crippen LogP contribution in [0.3, 0.4) is 0 Å². The average Bonchev–Trinajstić information content (AvgIpc) is 2.25. The second kappa shape index (κ2) is 4.12. The standard InChI is InChI=1S/C9H14F3N3/c1-6(4-9(10,11)12)5-15-7(2)3-8(13)14-15/h3,6H,4-5H2,1-2H3,(H2,13,14). The third-order valence-electron chi connectivity index (χ3n) is 2.06. The van der Waals surface area contributed by atoms with E-state index in [0.29, 0.717) is 5.82 Å². The van der Waals surface area contributed by atoms with Crippen LogP contribution in [0.2, 0.25) is 0 Å². The molecule has 0 saturated carbocycles. The fourth-order valence-corrected chi connectivity index (χ4v) is 1.48. The molecule has 0 amide bonds. The molecule has 0 spiro atoms. The van der Waals surface area contributed by atoms with Crippen LogP contribution < -0.4 is 5.73 Å². The van der Waals surface area contributed by atoms with Crippen molar-refractivity contribution in [2.75, 3.05) is 5.73 Å². The van der Waals surface area contributed by atoms with Crippen LogP contribution in [-0.4, -0.2) is 16.0 Å². The molecule has 0 aliphatic heterocycles. The molecule has 0 aliphatic carbocycles. The highest BCUT2D eigenvalue weighted by Crippen LogP contribution is 2.25. The average molecular weight is 221 g/mol. The van der Waals surface area contributed by atoms with E-state index in [1.807, 2.05) is 0 Å². The molecule has 1 rings (SSSR count). The number of rotatable bonds is 3. The summed E-state index contributed by atoms with van der Waals surface area (Å²) in [6, 6.07) is 1.64. The van der Waals surface area contributed by atoms with Gasteiger partial charge in [0.15, 0.2) is 0 Å². The Morgan fingerprint density at radius 1 is 1.53 bits per heavy atom. The second-order valence-corrected chi connectivity index (χ2v) is 3.82. The third-order valence-corrected chi connectivity index (χ3v) is 2.06. The van der Waals surface area contributed by atoms with Crippen molar-refractivity contribution in [2.24, 2.45) is 5.92 Å². The maximum Gasteiger partial charge on any atom is 0.389 e. The maximum absolute atomic E-state index is 12.1. The van der Waals surface area contributed by atoms with Crippen LogP contribution in [0.4, 0.5) is 19.0 Å². The van der Waals surface area contributed by atoms with Gasteiger partial charge in [-0.05, 0) is 12.8 Å². The Bertz CT molecular complexity index is 330. The molecule has 0 saturated heterocycles. The summed E-state index contributed by atoms with van der Waals surface area (Å²) in [6.45, 7) is 3.55. The van der Waals surface area contributed by atoms with Crippen LogP contribution in [0.15, 0.2) is 6.07 Å². The summed E-state index contributed by atoms with van der Waals surface area (Å²) < 4.78 is 37.7. The molecule has 1 aromatic rings. The number of aryl methyl sites for hydroxylation is 1. The number of hydrogen-bond acceptors (Lipinski definition) is 2. The summed E-state index contributed by atoms with van der Waals surface area (Å²) in [5, 5.41) is 3.91. The highest BCUT2D eigenvalue weighted by atomic mass is 19.4. The van der Waals surface area contributed by atoms with E-state index in [9.17, 15) is 13.2 Å². The van der Waals surface area contributed by atoms with E-state index >= 15 is 0 Å². The molecule has 0 aromatic carbocycles. The van der Waals surface area contributed by atoms with Crippen LogP contribution in [0, 0.1) is 12.8 Å². The summed E-state index contributed by atoms with van der Waals surface area (Å²) in [5.74, 6) is -0.158. The molecule has 0 fully saturated rings. The van der Waals surface area contributed by atoms with Crippen molar-refractivity contribution in [1.29, 1.82) is 0 Å². The molecule has 2 N–H and O–H groups in total. The Morgan fingerprint density at radius 2 is 2.13 bits per heavy atom. The van der Waals surface area contributed by atoms with Gasteiger partial charge in [0, 0.05) is 24.7 Å². The minimum Gasteiger partial charge on any atom is -0.382 e. The fourth-order valence-electron chi connectivity index (χ4n) is 1.48. The molecule has 0 aliphatic rings. The van der Waals surface area contributed by atoms with Crippen LogP contribution in [0.25, 0.3) is 0 Å². The molecule has 6 heteroatoms. The number of nitrogens with two attached hydrogens (primary N) is 1. The van der Waals surface area contributed by atoms with Crippen LogP contribution in [0.5, 0.6) is 0 Å². The van der Waals surface area contributed by atoms with Crippen molar-refractivity contribution in [3.05, 3.63) is 11.8 Å². The number of anilines is 1. The molecule has 0 radical (unpaired) electrons. The molecule has 0 bridgehead atoms. The van der Waals surface area contributed by atoms with E-state index in [1.54, 1.807) is 19.9 Å². The number of nitrogen functional groups attached to an aromatic ring is 1. The zero-order chi connectivity index (χ0) is 11.6. The minimum absolute atomic E-state index is 0.239. The van der Waals surface area contributed by atoms with Gasteiger partial charge in [0.2, 0.25) is 0 Å². The van der Waals surface area contributed by atoms with Gasteiger partial charge in [-0.1, -0.05) is 6.92 Å². The molecular formula is C9H14F3N3. The lowest BCUT2D eigenvalue weighted by atomic mass is 10.1. The molecule has 1 unspecified atom stereocenters. The van der Waals surface area contributed by atoms with Gasteiger partial charge in [-0.15, -0.1) is 0 Å². The van der Waals surface area contributed by atoms with Gasteiger partial charge in [-0.25, -0.2) is 0 Å². The van der Waals surface area contributed by atoms with Gasteiger partial charge in [-0.3, -0.25) is 4.68 Å². The Morgan fingerprint density at radius 3 is 2.53 bits per heavy atom. The molecule has 3 nitrogen and oxygen atoms in total. The van der Waals surface area contributed by atoms with Crippen LogP contribution in [0.1, 0.15) is 19.0 Å². The quantitative estimate of drug-likeness (QED) is 0.851. The summed E-state index contributed by atoms with van der Waals surface area (Å²) in [7, 11) is 0. The van der Waals surface area contributed by atoms with Gasteiger partial charge in [0.1, 0.15) is 5.82 Å².